The zero-order valence-corrected chi connectivity index (χ0v) is 7.79. The van der Waals surface area contributed by atoms with E-state index in [1.807, 2.05) is 0 Å². The maximum atomic E-state index is 11.1. The molecule has 0 amide bonds. The van der Waals surface area contributed by atoms with Gasteiger partial charge in [-0.3, -0.25) is 4.79 Å². The molecule has 0 aliphatic carbocycles. The smallest absolute Gasteiger partial charge is 0.229 e. The van der Waals surface area contributed by atoms with Gasteiger partial charge in [0, 0.05) is 0 Å². The summed E-state index contributed by atoms with van der Waals surface area (Å²) >= 11 is 0. The van der Waals surface area contributed by atoms with Crippen LogP contribution in [-0.4, -0.2) is 22.9 Å². The predicted octanol–water partition coefficient (Wildman–Crippen LogP) is 0.578. The summed E-state index contributed by atoms with van der Waals surface area (Å²) in [6.45, 7) is 3.08. The monoisotopic (exact) mass is 181 g/mol. The van der Waals surface area contributed by atoms with Crippen LogP contribution in [-0.2, 0) is 0 Å². The van der Waals surface area contributed by atoms with E-state index < -0.39 is 0 Å². The molecular formula is C8H11N3O2. The van der Waals surface area contributed by atoms with Gasteiger partial charge in [-0.05, 0) is 13.8 Å². The lowest BCUT2D eigenvalue weighted by Gasteiger charge is -2.07. The number of anilines is 1. The fourth-order valence-corrected chi connectivity index (χ4v) is 1.05. The highest BCUT2D eigenvalue weighted by Gasteiger charge is 2.15. The van der Waals surface area contributed by atoms with Crippen LogP contribution in [0.2, 0.25) is 0 Å². The first-order chi connectivity index (χ1) is 6.06. The summed E-state index contributed by atoms with van der Waals surface area (Å²) < 4.78 is 4.92. The van der Waals surface area contributed by atoms with E-state index in [1.54, 1.807) is 6.92 Å². The number of carbonyl (C=O) groups excluding carboxylic acids is 1. The maximum Gasteiger partial charge on any atom is 0.229 e. The van der Waals surface area contributed by atoms with Crippen LogP contribution in [0.25, 0.3) is 0 Å². The zero-order valence-electron chi connectivity index (χ0n) is 7.79. The van der Waals surface area contributed by atoms with E-state index in [2.05, 4.69) is 9.97 Å². The van der Waals surface area contributed by atoms with Crippen LogP contribution in [0.5, 0.6) is 5.88 Å². The number of nitrogen functional groups attached to an aromatic ring is 1. The van der Waals surface area contributed by atoms with Crippen LogP contribution in [0.1, 0.15) is 23.1 Å². The van der Waals surface area contributed by atoms with Crippen LogP contribution in [0.3, 0.4) is 0 Å². The largest absolute Gasteiger partial charge is 0.480 e. The van der Waals surface area contributed by atoms with Gasteiger partial charge in [0.15, 0.2) is 5.78 Å². The fourth-order valence-electron chi connectivity index (χ4n) is 1.05. The van der Waals surface area contributed by atoms with Gasteiger partial charge < -0.3 is 10.5 Å². The fraction of sp³-hybridized carbons (Fsp3) is 0.375. The van der Waals surface area contributed by atoms with Gasteiger partial charge in [-0.25, -0.2) is 4.98 Å². The van der Waals surface area contributed by atoms with Crippen molar-refractivity contribution in [1.82, 2.24) is 9.97 Å². The number of aryl methyl sites for hydroxylation is 1. The van der Waals surface area contributed by atoms with E-state index in [1.165, 1.54) is 14.0 Å². The Kier molecular flexibility index (Phi) is 2.46. The molecule has 0 atom stereocenters. The van der Waals surface area contributed by atoms with Gasteiger partial charge in [0.25, 0.3) is 0 Å². The highest BCUT2D eigenvalue weighted by Crippen LogP contribution is 2.20. The van der Waals surface area contributed by atoms with Crippen molar-refractivity contribution in [2.75, 3.05) is 12.8 Å². The van der Waals surface area contributed by atoms with Crippen molar-refractivity contribution in [3.05, 3.63) is 11.4 Å². The molecule has 5 heteroatoms. The van der Waals surface area contributed by atoms with E-state index in [4.69, 9.17) is 10.5 Å². The van der Waals surface area contributed by atoms with Gasteiger partial charge in [0.1, 0.15) is 17.2 Å². The molecule has 0 spiro atoms. The van der Waals surface area contributed by atoms with Crippen LogP contribution in [0.15, 0.2) is 0 Å². The standard InChI is InChI=1S/C8H11N3O2/c1-4(12)6-7(9)10-5(2)11-8(6)13-3/h1-3H3,(H2,9,10,11). The minimum atomic E-state index is -0.200. The number of ketones is 1. The molecule has 0 aliphatic heterocycles. The summed E-state index contributed by atoms with van der Waals surface area (Å²) in [4.78, 5) is 18.9. The van der Waals surface area contributed by atoms with E-state index in [0.717, 1.165) is 0 Å². The number of hydrogen-bond donors (Lipinski definition) is 1. The molecule has 1 heterocycles. The number of Topliss-reactive ketones (excluding diaryl/α,β-unsaturated/α-hetero) is 1. The van der Waals surface area contributed by atoms with Crippen molar-refractivity contribution < 1.29 is 9.53 Å². The molecule has 0 saturated carbocycles. The predicted molar refractivity (Wildman–Crippen MR) is 47.7 cm³/mol. The highest BCUT2D eigenvalue weighted by molar-refractivity contribution is 6.00. The first-order valence-corrected chi connectivity index (χ1v) is 3.75. The first kappa shape index (κ1) is 9.44. The zero-order chi connectivity index (χ0) is 10.0. The van der Waals surface area contributed by atoms with Crippen molar-refractivity contribution in [2.24, 2.45) is 0 Å². The summed E-state index contributed by atoms with van der Waals surface area (Å²) in [7, 11) is 1.44. The number of nitrogens with two attached hydrogens (primary N) is 1. The Bertz CT molecular complexity index is 349. The normalized spacial score (nSPS) is 9.77. The molecular weight excluding hydrogens is 170 g/mol. The van der Waals surface area contributed by atoms with Crippen molar-refractivity contribution >= 4 is 11.6 Å². The second kappa shape index (κ2) is 3.38. The van der Waals surface area contributed by atoms with E-state index >= 15 is 0 Å². The van der Waals surface area contributed by atoms with E-state index in [0.29, 0.717) is 5.82 Å². The van der Waals surface area contributed by atoms with E-state index in [9.17, 15) is 4.79 Å². The van der Waals surface area contributed by atoms with Gasteiger partial charge in [-0.1, -0.05) is 0 Å². The van der Waals surface area contributed by atoms with Crippen molar-refractivity contribution in [3.63, 3.8) is 0 Å². The quantitative estimate of drug-likeness (QED) is 0.675. The Morgan fingerprint density at radius 2 is 2.08 bits per heavy atom. The summed E-state index contributed by atoms with van der Waals surface area (Å²) in [5.74, 6) is 0.683. The van der Waals surface area contributed by atoms with E-state index in [-0.39, 0.29) is 23.0 Å². The lowest BCUT2D eigenvalue weighted by atomic mass is 10.2. The minimum absolute atomic E-state index is 0.164. The molecule has 0 aromatic carbocycles. The third kappa shape index (κ3) is 1.74. The number of hydrogen-bond acceptors (Lipinski definition) is 5. The van der Waals surface area contributed by atoms with Gasteiger partial charge in [0.2, 0.25) is 5.88 Å². The topological polar surface area (TPSA) is 78.1 Å². The summed E-state index contributed by atoms with van der Waals surface area (Å²) in [6.07, 6.45) is 0. The third-order valence-corrected chi connectivity index (χ3v) is 1.56. The molecule has 2 N–H and O–H groups in total. The van der Waals surface area contributed by atoms with Gasteiger partial charge in [-0.15, -0.1) is 0 Å². The first-order valence-electron chi connectivity index (χ1n) is 3.75. The second-order valence-corrected chi connectivity index (χ2v) is 2.60. The average molecular weight is 181 g/mol. The Labute approximate surface area is 75.9 Å². The molecule has 0 radical (unpaired) electrons. The van der Waals surface area contributed by atoms with Gasteiger partial charge in [0.05, 0.1) is 7.11 Å². The highest BCUT2D eigenvalue weighted by atomic mass is 16.5. The summed E-state index contributed by atoms with van der Waals surface area (Å²) in [5.41, 5.74) is 5.79. The van der Waals surface area contributed by atoms with Crippen molar-refractivity contribution in [1.29, 1.82) is 0 Å². The molecule has 70 valence electrons. The minimum Gasteiger partial charge on any atom is -0.480 e. The number of rotatable bonds is 2. The molecule has 1 aromatic rings. The Balaban J connectivity index is 3.38. The van der Waals surface area contributed by atoms with Gasteiger partial charge in [-0.2, -0.15) is 4.98 Å². The molecule has 1 rings (SSSR count). The van der Waals surface area contributed by atoms with Crippen LogP contribution >= 0.6 is 0 Å². The third-order valence-electron chi connectivity index (χ3n) is 1.56. The lowest BCUT2D eigenvalue weighted by Crippen LogP contribution is -2.08. The van der Waals surface area contributed by atoms with Crippen LogP contribution in [0.4, 0.5) is 5.82 Å². The summed E-state index contributed by atoms with van der Waals surface area (Å²) in [5, 5.41) is 0. The maximum absolute atomic E-state index is 11.1. The summed E-state index contributed by atoms with van der Waals surface area (Å²) in [6, 6.07) is 0. The Hall–Kier alpha value is -1.65. The SMILES string of the molecule is COc1nc(C)nc(N)c1C(C)=O. The average Bonchev–Trinajstić information content (AvgIpc) is 2.01. The lowest BCUT2D eigenvalue weighted by molar-refractivity contribution is 0.101. The molecule has 13 heavy (non-hydrogen) atoms. The van der Waals surface area contributed by atoms with Crippen LogP contribution in [0, 0.1) is 6.92 Å². The van der Waals surface area contributed by atoms with Crippen molar-refractivity contribution in [3.8, 4) is 5.88 Å². The molecule has 0 aliphatic rings. The Morgan fingerprint density at radius 1 is 1.46 bits per heavy atom. The molecule has 0 saturated heterocycles. The number of methoxy groups -OCH3 is 1. The number of aromatic nitrogens is 2. The number of carbonyl (C=O) groups is 1. The number of ether oxygens (including phenoxy) is 1. The molecule has 0 unspecified atom stereocenters. The van der Waals surface area contributed by atoms with Crippen molar-refractivity contribution in [2.45, 2.75) is 13.8 Å². The molecule has 5 nitrogen and oxygen atoms in total. The van der Waals surface area contributed by atoms with Crippen LogP contribution < -0.4 is 10.5 Å². The second-order valence-electron chi connectivity index (χ2n) is 2.60. The molecule has 0 bridgehead atoms. The number of nitrogens with zero attached hydrogens (tertiary/aromatic N) is 2. The Morgan fingerprint density at radius 3 is 2.54 bits per heavy atom. The molecule has 1 aromatic heterocycles. The molecule has 0 fully saturated rings. The van der Waals surface area contributed by atoms with Gasteiger partial charge >= 0.3 is 0 Å².